The number of rotatable bonds is 4. The number of carbonyl (C=O) groups excluding carboxylic acids is 1. The fraction of sp³-hybridized carbons (Fsp3) is 0.0526. The molecule has 1 aromatic carbocycles. The topological polar surface area (TPSA) is 76.5 Å². The Morgan fingerprint density at radius 1 is 1.11 bits per heavy atom. The van der Waals surface area contributed by atoms with Crippen molar-refractivity contribution in [3.05, 3.63) is 78.1 Å². The molecule has 3 heterocycles. The molecule has 0 aliphatic carbocycles. The van der Waals surface area contributed by atoms with Gasteiger partial charge in [-0.1, -0.05) is 6.07 Å². The molecule has 0 aliphatic heterocycles. The molecule has 0 atom stereocenters. The Morgan fingerprint density at radius 3 is 2.59 bits per heavy atom. The van der Waals surface area contributed by atoms with Gasteiger partial charge in [0.05, 0.1) is 29.3 Å². The van der Waals surface area contributed by atoms with Gasteiger partial charge in [-0.15, -0.1) is 0 Å². The van der Waals surface area contributed by atoms with Gasteiger partial charge in [-0.2, -0.15) is 5.10 Å². The maximum Gasteiger partial charge on any atom is 0.228 e. The third kappa shape index (κ3) is 3.12. The molecule has 0 fully saturated rings. The Balaban J connectivity index is 1.68. The summed E-state index contributed by atoms with van der Waals surface area (Å²) in [5.41, 5.74) is 1.40. The molecule has 0 aliphatic rings. The van der Waals surface area contributed by atoms with Crippen molar-refractivity contribution in [3.63, 3.8) is 0 Å². The minimum absolute atomic E-state index is 0.0375. The van der Waals surface area contributed by atoms with E-state index in [1.54, 1.807) is 24.1 Å². The lowest BCUT2D eigenvalue weighted by atomic mass is 10.1. The van der Waals surface area contributed by atoms with Crippen molar-refractivity contribution in [1.29, 1.82) is 0 Å². The van der Waals surface area contributed by atoms with Gasteiger partial charge in [-0.05, 0) is 24.3 Å². The van der Waals surface area contributed by atoms with Crippen LogP contribution in [0.3, 0.4) is 0 Å². The minimum atomic E-state index is -0.746. The first-order chi connectivity index (χ1) is 13.0. The molecule has 1 N–H and O–H groups in total. The summed E-state index contributed by atoms with van der Waals surface area (Å²) in [6, 6.07) is 6.36. The standard InChI is InChI=1S/C19H13F2N5O/c1-26-10-12(8-24-26)16-9-23-19(25-16)18(27)11-5-6-22-15(7-11)17-13(20)3-2-4-14(17)21/h2-10H,1H3,(H,23,25). The molecule has 6 nitrogen and oxygen atoms in total. The lowest BCUT2D eigenvalue weighted by molar-refractivity contribution is 0.103. The number of nitrogens with one attached hydrogen (secondary N) is 1. The normalized spacial score (nSPS) is 10.9. The van der Waals surface area contributed by atoms with Crippen molar-refractivity contribution in [2.45, 2.75) is 0 Å². The molecule has 8 heteroatoms. The number of hydrogen-bond acceptors (Lipinski definition) is 4. The van der Waals surface area contributed by atoms with Gasteiger partial charge in [0, 0.05) is 30.6 Å². The number of pyridine rings is 1. The first-order valence-corrected chi connectivity index (χ1v) is 8.02. The Morgan fingerprint density at radius 2 is 1.89 bits per heavy atom. The van der Waals surface area contributed by atoms with Crippen LogP contribution in [0.1, 0.15) is 16.2 Å². The summed E-state index contributed by atoms with van der Waals surface area (Å²) >= 11 is 0. The van der Waals surface area contributed by atoms with Gasteiger partial charge in [-0.25, -0.2) is 13.8 Å². The summed E-state index contributed by atoms with van der Waals surface area (Å²) < 4.78 is 29.6. The molecule has 0 unspecified atom stereocenters. The highest BCUT2D eigenvalue weighted by molar-refractivity contribution is 6.07. The Kier molecular flexibility index (Phi) is 4.08. The summed E-state index contributed by atoms with van der Waals surface area (Å²) in [5, 5.41) is 4.07. The van der Waals surface area contributed by atoms with Gasteiger partial charge >= 0.3 is 0 Å². The third-order valence-electron chi connectivity index (χ3n) is 4.05. The zero-order chi connectivity index (χ0) is 19.0. The second kappa shape index (κ2) is 6.56. The Labute approximate surface area is 152 Å². The predicted molar refractivity (Wildman–Crippen MR) is 93.8 cm³/mol. The number of hydrogen-bond donors (Lipinski definition) is 1. The number of H-pyrrole nitrogens is 1. The predicted octanol–water partition coefficient (Wildman–Crippen LogP) is 3.38. The highest BCUT2D eigenvalue weighted by Crippen LogP contribution is 2.25. The largest absolute Gasteiger partial charge is 0.335 e. The van der Waals surface area contributed by atoms with Crippen LogP contribution in [0.5, 0.6) is 0 Å². The van der Waals surface area contributed by atoms with Crippen LogP contribution in [0.15, 0.2) is 55.1 Å². The van der Waals surface area contributed by atoms with Crippen molar-refractivity contribution in [2.75, 3.05) is 0 Å². The van der Waals surface area contributed by atoms with Crippen LogP contribution < -0.4 is 0 Å². The number of imidazole rings is 1. The number of aryl methyl sites for hydroxylation is 1. The maximum atomic E-state index is 14.0. The molecule has 27 heavy (non-hydrogen) atoms. The molecule has 134 valence electrons. The van der Waals surface area contributed by atoms with E-state index in [0.717, 1.165) is 17.7 Å². The molecule has 4 aromatic rings. The summed E-state index contributed by atoms with van der Waals surface area (Å²) in [6.07, 6.45) is 6.29. The molecule has 0 saturated heterocycles. The van der Waals surface area contributed by atoms with Crippen LogP contribution in [0.2, 0.25) is 0 Å². The van der Waals surface area contributed by atoms with Crippen LogP contribution in [0, 0.1) is 11.6 Å². The first-order valence-electron chi connectivity index (χ1n) is 8.02. The van der Waals surface area contributed by atoms with Crippen molar-refractivity contribution in [1.82, 2.24) is 24.7 Å². The number of carbonyl (C=O) groups is 1. The van der Waals surface area contributed by atoms with E-state index < -0.39 is 17.4 Å². The van der Waals surface area contributed by atoms with Crippen LogP contribution >= 0.6 is 0 Å². The van der Waals surface area contributed by atoms with Crippen molar-refractivity contribution in [2.24, 2.45) is 7.05 Å². The van der Waals surface area contributed by atoms with E-state index in [-0.39, 0.29) is 22.6 Å². The summed E-state index contributed by atoms with van der Waals surface area (Å²) in [7, 11) is 1.78. The van der Waals surface area contributed by atoms with Gasteiger partial charge in [0.15, 0.2) is 5.82 Å². The van der Waals surface area contributed by atoms with E-state index in [0.29, 0.717) is 5.69 Å². The van der Waals surface area contributed by atoms with Gasteiger partial charge in [0.2, 0.25) is 5.78 Å². The second-order valence-corrected chi connectivity index (χ2v) is 5.90. The highest BCUT2D eigenvalue weighted by atomic mass is 19.1. The summed E-state index contributed by atoms with van der Waals surface area (Å²) in [5.74, 6) is -1.79. The highest BCUT2D eigenvalue weighted by Gasteiger charge is 2.18. The molecule has 0 amide bonds. The Bertz CT molecular complexity index is 1130. The molecule has 3 aromatic heterocycles. The smallest absolute Gasteiger partial charge is 0.228 e. The monoisotopic (exact) mass is 365 g/mol. The van der Waals surface area contributed by atoms with E-state index in [1.807, 2.05) is 0 Å². The molecule has 0 bridgehead atoms. The first kappa shape index (κ1) is 16.8. The van der Waals surface area contributed by atoms with Crippen LogP contribution in [0.25, 0.3) is 22.5 Å². The summed E-state index contributed by atoms with van der Waals surface area (Å²) in [6.45, 7) is 0. The SMILES string of the molecule is Cn1cc(-c2cnc(C(=O)c3ccnc(-c4c(F)cccc4F)c3)[nH]2)cn1. The lowest BCUT2D eigenvalue weighted by Crippen LogP contribution is -2.05. The second-order valence-electron chi connectivity index (χ2n) is 5.90. The van der Waals surface area contributed by atoms with Crippen LogP contribution in [-0.4, -0.2) is 30.5 Å². The van der Waals surface area contributed by atoms with Gasteiger partial charge in [-0.3, -0.25) is 14.5 Å². The summed E-state index contributed by atoms with van der Waals surface area (Å²) in [4.78, 5) is 23.8. The fourth-order valence-electron chi connectivity index (χ4n) is 2.73. The fourth-order valence-corrected chi connectivity index (χ4v) is 2.73. The Hall–Kier alpha value is -3.68. The quantitative estimate of drug-likeness (QED) is 0.563. The zero-order valence-corrected chi connectivity index (χ0v) is 14.1. The average molecular weight is 365 g/mol. The number of benzene rings is 1. The lowest BCUT2D eigenvalue weighted by Gasteiger charge is -2.05. The molecular formula is C19H13F2N5O. The van der Waals surface area contributed by atoms with E-state index in [2.05, 4.69) is 20.1 Å². The molecule has 0 saturated carbocycles. The van der Waals surface area contributed by atoms with Crippen LogP contribution in [0.4, 0.5) is 8.78 Å². The number of halogens is 2. The van der Waals surface area contributed by atoms with Crippen molar-refractivity contribution < 1.29 is 13.6 Å². The van der Waals surface area contributed by atoms with E-state index in [1.165, 1.54) is 30.6 Å². The van der Waals surface area contributed by atoms with Crippen molar-refractivity contribution >= 4 is 5.78 Å². The van der Waals surface area contributed by atoms with Gasteiger partial charge in [0.25, 0.3) is 0 Å². The van der Waals surface area contributed by atoms with Crippen LogP contribution in [-0.2, 0) is 7.05 Å². The van der Waals surface area contributed by atoms with E-state index >= 15 is 0 Å². The number of ketones is 1. The van der Waals surface area contributed by atoms with Gasteiger partial charge in [0.1, 0.15) is 11.6 Å². The van der Waals surface area contributed by atoms with E-state index in [4.69, 9.17) is 0 Å². The third-order valence-corrected chi connectivity index (χ3v) is 4.05. The van der Waals surface area contributed by atoms with Gasteiger partial charge < -0.3 is 4.98 Å². The zero-order valence-electron chi connectivity index (χ0n) is 14.1. The van der Waals surface area contributed by atoms with Crippen molar-refractivity contribution in [3.8, 4) is 22.5 Å². The number of nitrogens with zero attached hydrogens (tertiary/aromatic N) is 4. The van der Waals surface area contributed by atoms with E-state index in [9.17, 15) is 13.6 Å². The number of aromatic amines is 1. The average Bonchev–Trinajstić information content (AvgIpc) is 3.30. The molecule has 0 radical (unpaired) electrons. The number of aromatic nitrogens is 5. The molecular weight excluding hydrogens is 352 g/mol. The molecule has 4 rings (SSSR count). The molecule has 0 spiro atoms. The minimum Gasteiger partial charge on any atom is -0.335 e. The maximum absolute atomic E-state index is 14.0.